The summed E-state index contributed by atoms with van der Waals surface area (Å²) in [5.74, 6) is 0.312. The standard InChI is InChI=1S/C24H26Cl2FN3O/c1-2-3-12-29(24(31)19-13-16(25)8-10-20(19)26)15-23-28-21-14-17(27)9-11-22(21)30(23)18-6-4-5-7-18/h8-11,13-14,18H,2-7,12,15H2,1H3. The zero-order chi connectivity index (χ0) is 22.0. The van der Waals surface area contributed by atoms with Gasteiger partial charge >= 0.3 is 0 Å². The predicted octanol–water partition coefficient (Wildman–Crippen LogP) is 7.04. The van der Waals surface area contributed by atoms with E-state index in [4.69, 9.17) is 28.2 Å². The van der Waals surface area contributed by atoms with Gasteiger partial charge < -0.3 is 9.47 Å². The molecule has 4 nitrogen and oxygen atoms in total. The zero-order valence-electron chi connectivity index (χ0n) is 17.6. The van der Waals surface area contributed by atoms with Gasteiger partial charge in [0.1, 0.15) is 11.6 Å². The zero-order valence-corrected chi connectivity index (χ0v) is 19.1. The Bertz CT molecular complexity index is 1090. The number of unbranched alkanes of at least 4 members (excludes halogenated alkanes) is 1. The van der Waals surface area contributed by atoms with Gasteiger partial charge in [-0.25, -0.2) is 9.37 Å². The molecule has 2 aromatic carbocycles. The molecule has 0 atom stereocenters. The first-order valence-electron chi connectivity index (χ1n) is 10.9. The van der Waals surface area contributed by atoms with Crippen LogP contribution in [-0.4, -0.2) is 26.9 Å². The van der Waals surface area contributed by atoms with E-state index in [0.717, 1.165) is 37.0 Å². The van der Waals surface area contributed by atoms with Gasteiger partial charge in [-0.05, 0) is 49.6 Å². The minimum absolute atomic E-state index is 0.169. The third-order valence-electron chi connectivity index (χ3n) is 5.97. The monoisotopic (exact) mass is 461 g/mol. The molecule has 1 aliphatic carbocycles. The summed E-state index contributed by atoms with van der Waals surface area (Å²) in [4.78, 5) is 19.9. The van der Waals surface area contributed by atoms with E-state index in [9.17, 15) is 9.18 Å². The lowest BCUT2D eigenvalue weighted by Gasteiger charge is -2.25. The lowest BCUT2D eigenvalue weighted by Crippen LogP contribution is -2.33. The predicted molar refractivity (Wildman–Crippen MR) is 123 cm³/mol. The Hall–Kier alpha value is -2.11. The molecule has 1 amide bonds. The summed E-state index contributed by atoms with van der Waals surface area (Å²) < 4.78 is 16.1. The number of carbonyl (C=O) groups is 1. The minimum atomic E-state index is -0.306. The Kier molecular flexibility index (Phi) is 6.83. The van der Waals surface area contributed by atoms with E-state index in [1.807, 2.05) is 0 Å². The summed E-state index contributed by atoms with van der Waals surface area (Å²) >= 11 is 12.4. The van der Waals surface area contributed by atoms with Crippen molar-refractivity contribution >= 4 is 40.1 Å². The number of benzene rings is 2. The third-order valence-corrected chi connectivity index (χ3v) is 6.54. The number of aromatic nitrogens is 2. The minimum Gasteiger partial charge on any atom is -0.331 e. The van der Waals surface area contributed by atoms with E-state index in [1.165, 1.54) is 25.0 Å². The summed E-state index contributed by atoms with van der Waals surface area (Å²) in [6, 6.07) is 9.99. The molecule has 3 aromatic rings. The maximum absolute atomic E-state index is 13.9. The Balaban J connectivity index is 1.73. The third kappa shape index (κ3) is 4.73. The van der Waals surface area contributed by atoms with E-state index in [0.29, 0.717) is 40.3 Å². The molecule has 0 unspecified atom stereocenters. The van der Waals surface area contributed by atoms with Crippen molar-refractivity contribution in [3.63, 3.8) is 0 Å². The van der Waals surface area contributed by atoms with Crippen LogP contribution >= 0.6 is 23.2 Å². The van der Waals surface area contributed by atoms with Crippen molar-refractivity contribution in [2.45, 2.75) is 58.0 Å². The number of halogens is 3. The number of carbonyl (C=O) groups excluding carboxylic acids is 1. The summed E-state index contributed by atoms with van der Waals surface area (Å²) in [5.41, 5.74) is 1.94. The molecule has 0 bridgehead atoms. The molecule has 31 heavy (non-hydrogen) atoms. The van der Waals surface area contributed by atoms with E-state index < -0.39 is 0 Å². The van der Waals surface area contributed by atoms with E-state index in [2.05, 4.69) is 11.5 Å². The average Bonchev–Trinajstić information content (AvgIpc) is 3.39. The lowest BCUT2D eigenvalue weighted by atomic mass is 10.1. The van der Waals surface area contributed by atoms with Gasteiger partial charge in [0.05, 0.1) is 28.2 Å². The van der Waals surface area contributed by atoms with Gasteiger partial charge in [-0.15, -0.1) is 0 Å². The van der Waals surface area contributed by atoms with Crippen LogP contribution in [0.3, 0.4) is 0 Å². The van der Waals surface area contributed by atoms with Crippen molar-refractivity contribution in [3.05, 3.63) is 63.6 Å². The highest BCUT2D eigenvalue weighted by atomic mass is 35.5. The molecule has 1 saturated carbocycles. The fourth-order valence-electron chi connectivity index (χ4n) is 4.41. The molecule has 1 heterocycles. The van der Waals surface area contributed by atoms with Crippen LogP contribution in [0.2, 0.25) is 10.0 Å². The molecular formula is C24H26Cl2FN3O. The number of hydrogen-bond donors (Lipinski definition) is 0. The molecule has 7 heteroatoms. The Labute approximate surface area is 192 Å². The molecule has 0 radical (unpaired) electrons. The second-order valence-corrected chi connectivity index (χ2v) is 9.02. The van der Waals surface area contributed by atoms with Crippen molar-refractivity contribution in [2.75, 3.05) is 6.54 Å². The van der Waals surface area contributed by atoms with Crippen molar-refractivity contribution in [3.8, 4) is 0 Å². The lowest BCUT2D eigenvalue weighted by molar-refractivity contribution is 0.0734. The van der Waals surface area contributed by atoms with Crippen LogP contribution in [0.15, 0.2) is 36.4 Å². The number of rotatable bonds is 7. The van der Waals surface area contributed by atoms with Crippen LogP contribution in [0.25, 0.3) is 11.0 Å². The van der Waals surface area contributed by atoms with Crippen LogP contribution in [0.5, 0.6) is 0 Å². The average molecular weight is 462 g/mol. The first-order valence-corrected chi connectivity index (χ1v) is 11.6. The molecule has 1 fully saturated rings. The number of fused-ring (bicyclic) bond motifs is 1. The van der Waals surface area contributed by atoms with Crippen LogP contribution in [-0.2, 0) is 6.54 Å². The van der Waals surface area contributed by atoms with Crippen LogP contribution in [0.1, 0.15) is 67.7 Å². The molecule has 0 aliphatic heterocycles. The van der Waals surface area contributed by atoms with Gasteiger partial charge in [-0.2, -0.15) is 0 Å². The summed E-state index contributed by atoms with van der Waals surface area (Å²) in [5, 5.41) is 0.846. The van der Waals surface area contributed by atoms with Gasteiger partial charge in [0.25, 0.3) is 5.91 Å². The Morgan fingerprint density at radius 2 is 1.97 bits per heavy atom. The van der Waals surface area contributed by atoms with E-state index in [-0.39, 0.29) is 11.7 Å². The number of nitrogens with zero attached hydrogens (tertiary/aromatic N) is 3. The van der Waals surface area contributed by atoms with Crippen LogP contribution < -0.4 is 0 Å². The molecule has 164 valence electrons. The maximum Gasteiger partial charge on any atom is 0.255 e. The van der Waals surface area contributed by atoms with Gasteiger partial charge in [0, 0.05) is 23.7 Å². The Morgan fingerprint density at radius 3 is 2.71 bits per heavy atom. The fraction of sp³-hybridized carbons (Fsp3) is 0.417. The van der Waals surface area contributed by atoms with Gasteiger partial charge in [-0.1, -0.05) is 49.4 Å². The van der Waals surface area contributed by atoms with Gasteiger partial charge in [-0.3, -0.25) is 4.79 Å². The van der Waals surface area contributed by atoms with Crippen molar-refractivity contribution < 1.29 is 9.18 Å². The summed E-state index contributed by atoms with van der Waals surface area (Å²) in [6.45, 7) is 3.01. The van der Waals surface area contributed by atoms with Gasteiger partial charge in [0.2, 0.25) is 0 Å². The maximum atomic E-state index is 13.9. The van der Waals surface area contributed by atoms with Crippen LogP contribution in [0.4, 0.5) is 4.39 Å². The molecule has 0 N–H and O–H groups in total. The van der Waals surface area contributed by atoms with E-state index >= 15 is 0 Å². The van der Waals surface area contributed by atoms with Crippen molar-refractivity contribution in [2.24, 2.45) is 0 Å². The molecular weight excluding hydrogens is 436 g/mol. The van der Waals surface area contributed by atoms with Gasteiger partial charge in [0.15, 0.2) is 0 Å². The SMILES string of the molecule is CCCCN(Cc1nc2cc(F)ccc2n1C1CCCC1)C(=O)c1cc(Cl)ccc1Cl. The van der Waals surface area contributed by atoms with Crippen molar-refractivity contribution in [1.82, 2.24) is 14.5 Å². The summed E-state index contributed by atoms with van der Waals surface area (Å²) in [7, 11) is 0. The second-order valence-electron chi connectivity index (χ2n) is 8.17. The smallest absolute Gasteiger partial charge is 0.255 e. The van der Waals surface area contributed by atoms with Crippen LogP contribution in [0, 0.1) is 5.82 Å². The quantitative estimate of drug-likeness (QED) is 0.378. The highest BCUT2D eigenvalue weighted by Crippen LogP contribution is 2.34. The number of hydrogen-bond acceptors (Lipinski definition) is 2. The summed E-state index contributed by atoms with van der Waals surface area (Å²) in [6.07, 6.45) is 6.29. The normalized spacial score (nSPS) is 14.5. The first kappa shape index (κ1) is 22.1. The highest BCUT2D eigenvalue weighted by Gasteiger charge is 2.26. The Morgan fingerprint density at radius 1 is 1.19 bits per heavy atom. The number of imidazole rings is 1. The molecule has 1 aliphatic rings. The topological polar surface area (TPSA) is 38.1 Å². The first-order chi connectivity index (χ1) is 15.0. The fourth-order valence-corrected chi connectivity index (χ4v) is 4.78. The van der Waals surface area contributed by atoms with Crippen molar-refractivity contribution in [1.29, 1.82) is 0 Å². The molecule has 1 aromatic heterocycles. The number of amides is 1. The van der Waals surface area contributed by atoms with E-state index in [1.54, 1.807) is 29.2 Å². The molecule has 4 rings (SSSR count). The second kappa shape index (κ2) is 9.58. The molecule has 0 saturated heterocycles. The largest absolute Gasteiger partial charge is 0.331 e. The molecule has 0 spiro atoms. The highest BCUT2D eigenvalue weighted by molar-refractivity contribution is 6.35.